The molecule has 2 aromatic heterocycles. The number of aliphatic hydroxyl groups is 2. The van der Waals surface area contributed by atoms with E-state index in [1.165, 1.54) is 6.33 Å². The van der Waals surface area contributed by atoms with Gasteiger partial charge in [0, 0.05) is 13.0 Å². The van der Waals surface area contributed by atoms with Crippen molar-refractivity contribution >= 4 is 23.2 Å². The fraction of sp³-hybridized carbons (Fsp3) is 0.350. The Morgan fingerprint density at radius 1 is 1.32 bits per heavy atom. The van der Waals surface area contributed by atoms with Crippen molar-refractivity contribution in [2.45, 2.75) is 24.9 Å². The van der Waals surface area contributed by atoms with E-state index in [0.29, 0.717) is 17.9 Å². The number of aromatic nitrogens is 4. The average Bonchev–Trinajstić information content (AvgIpc) is 3.48. The van der Waals surface area contributed by atoms with Crippen molar-refractivity contribution in [3.8, 4) is 11.5 Å². The van der Waals surface area contributed by atoms with Gasteiger partial charge in [-0.3, -0.25) is 14.3 Å². The number of anilines is 1. The Morgan fingerprint density at radius 3 is 3.03 bits per heavy atom. The van der Waals surface area contributed by atoms with Crippen molar-refractivity contribution in [1.29, 1.82) is 0 Å². The van der Waals surface area contributed by atoms with Crippen molar-refractivity contribution < 1.29 is 24.4 Å². The first-order valence-corrected chi connectivity index (χ1v) is 9.83. The van der Waals surface area contributed by atoms with Gasteiger partial charge in [-0.1, -0.05) is 18.2 Å². The molecule has 2 aliphatic heterocycles. The number of benzene rings is 1. The van der Waals surface area contributed by atoms with Gasteiger partial charge < -0.3 is 29.7 Å². The summed E-state index contributed by atoms with van der Waals surface area (Å²) in [4.78, 5) is 23.6. The molecule has 3 atom stereocenters. The lowest BCUT2D eigenvalue weighted by Gasteiger charge is -2.13. The minimum Gasteiger partial charge on any atom is -0.454 e. The molecule has 4 heterocycles. The molecule has 2 aliphatic rings. The summed E-state index contributed by atoms with van der Waals surface area (Å²) in [5.41, 5.74) is 1.08. The van der Waals surface area contributed by atoms with E-state index in [1.54, 1.807) is 4.57 Å². The second-order valence-electron chi connectivity index (χ2n) is 7.25. The van der Waals surface area contributed by atoms with Crippen LogP contribution in [0.3, 0.4) is 0 Å². The van der Waals surface area contributed by atoms with Crippen LogP contribution in [0.1, 0.15) is 18.2 Å². The molecule has 0 amide bonds. The van der Waals surface area contributed by atoms with Crippen LogP contribution < -0.4 is 20.3 Å². The zero-order valence-corrected chi connectivity index (χ0v) is 16.4. The van der Waals surface area contributed by atoms with Gasteiger partial charge >= 0.3 is 0 Å². The van der Waals surface area contributed by atoms with Gasteiger partial charge in [0.05, 0.1) is 19.0 Å². The standard InChI is InChI=1S/C20H21N5O6/c26-8-15-12(27)7-16(31-15)25-9-22-17-18(25)23-20(24-19(17)28)21-5-1-2-11-3-4-13-14(6-11)30-10-29-13/h1-4,6,9,12,15-16,26-27H,5,7-8,10H2,(H2,21,23,24,28)/b2-1+/t12-,15+,16+/m0/s1. The second kappa shape index (κ2) is 8.02. The number of H-pyrrole nitrogens is 1. The van der Waals surface area contributed by atoms with Gasteiger partial charge in [-0.2, -0.15) is 4.98 Å². The fourth-order valence-electron chi connectivity index (χ4n) is 3.64. The highest BCUT2D eigenvalue weighted by Gasteiger charge is 2.35. The highest BCUT2D eigenvalue weighted by molar-refractivity contribution is 5.71. The zero-order chi connectivity index (χ0) is 21.4. The highest BCUT2D eigenvalue weighted by atomic mass is 16.7. The Hall–Kier alpha value is -3.41. The monoisotopic (exact) mass is 427 g/mol. The van der Waals surface area contributed by atoms with Gasteiger partial charge in [0.1, 0.15) is 12.3 Å². The predicted octanol–water partition coefficient (Wildman–Crippen LogP) is 0.614. The normalized spacial score (nSPS) is 22.6. The number of aromatic amines is 1. The predicted molar refractivity (Wildman–Crippen MR) is 110 cm³/mol. The molecule has 1 saturated heterocycles. The quantitative estimate of drug-likeness (QED) is 0.445. The van der Waals surface area contributed by atoms with Crippen LogP contribution in [-0.2, 0) is 4.74 Å². The fourth-order valence-corrected chi connectivity index (χ4v) is 3.64. The minimum absolute atomic E-state index is 0.173. The van der Waals surface area contributed by atoms with Gasteiger partial charge in [-0.05, 0) is 17.7 Å². The SMILES string of the molecule is O=c1[nH]c(NC/C=C/c2ccc3c(c2)OCO3)nc2c1ncn2[C@H]1C[C@H](O)[C@@H](CO)O1. The number of imidazole rings is 1. The maximum Gasteiger partial charge on any atom is 0.280 e. The Balaban J connectivity index is 1.31. The molecule has 1 aromatic carbocycles. The number of nitrogens with one attached hydrogen (secondary N) is 2. The van der Waals surface area contributed by atoms with E-state index >= 15 is 0 Å². The summed E-state index contributed by atoms with van der Waals surface area (Å²) >= 11 is 0. The number of hydrogen-bond donors (Lipinski definition) is 4. The first-order chi connectivity index (χ1) is 15.1. The van der Waals surface area contributed by atoms with Gasteiger partial charge in [0.25, 0.3) is 5.56 Å². The first-order valence-electron chi connectivity index (χ1n) is 9.83. The summed E-state index contributed by atoms with van der Waals surface area (Å²) in [6.45, 7) is 0.358. The molecule has 5 rings (SSSR count). The van der Waals surface area contributed by atoms with Crippen LogP contribution in [0.2, 0.25) is 0 Å². The molecule has 31 heavy (non-hydrogen) atoms. The van der Waals surface area contributed by atoms with E-state index in [4.69, 9.17) is 14.2 Å². The number of aliphatic hydroxyl groups excluding tert-OH is 2. The summed E-state index contributed by atoms with van der Waals surface area (Å²) in [6, 6.07) is 5.66. The lowest BCUT2D eigenvalue weighted by molar-refractivity contribution is -0.0432. The smallest absolute Gasteiger partial charge is 0.280 e. The molecule has 1 fully saturated rings. The van der Waals surface area contributed by atoms with Crippen molar-refractivity contribution in [2.24, 2.45) is 0 Å². The number of fused-ring (bicyclic) bond motifs is 2. The van der Waals surface area contributed by atoms with Crippen molar-refractivity contribution in [3.05, 3.63) is 46.5 Å². The Bertz CT molecular complexity index is 1190. The molecule has 0 spiro atoms. The van der Waals surface area contributed by atoms with Crippen LogP contribution in [0, 0.1) is 0 Å². The van der Waals surface area contributed by atoms with Crippen LogP contribution in [0.25, 0.3) is 17.2 Å². The van der Waals surface area contributed by atoms with Crippen LogP contribution in [-0.4, -0.2) is 61.9 Å². The zero-order valence-electron chi connectivity index (χ0n) is 16.4. The van der Waals surface area contributed by atoms with E-state index in [1.807, 2.05) is 30.4 Å². The van der Waals surface area contributed by atoms with E-state index in [-0.39, 0.29) is 36.8 Å². The topological polar surface area (TPSA) is 144 Å². The lowest BCUT2D eigenvalue weighted by Crippen LogP contribution is -2.24. The highest BCUT2D eigenvalue weighted by Crippen LogP contribution is 2.33. The molecule has 0 aliphatic carbocycles. The van der Waals surface area contributed by atoms with Crippen molar-refractivity contribution in [3.63, 3.8) is 0 Å². The van der Waals surface area contributed by atoms with Gasteiger partial charge in [-0.25, -0.2) is 4.98 Å². The van der Waals surface area contributed by atoms with Gasteiger partial charge in [0.2, 0.25) is 12.7 Å². The van der Waals surface area contributed by atoms with Crippen LogP contribution in [0.15, 0.2) is 35.4 Å². The molecule has 3 aromatic rings. The summed E-state index contributed by atoms with van der Waals surface area (Å²) in [5, 5.41) is 22.3. The van der Waals surface area contributed by atoms with Gasteiger partial charge in [0.15, 0.2) is 22.7 Å². The van der Waals surface area contributed by atoms with Crippen LogP contribution in [0.5, 0.6) is 11.5 Å². The van der Waals surface area contributed by atoms with E-state index in [0.717, 1.165) is 11.3 Å². The Kier molecular flexibility index (Phi) is 5.06. The molecule has 0 bridgehead atoms. The molecule has 4 N–H and O–H groups in total. The second-order valence-corrected chi connectivity index (χ2v) is 7.25. The third-order valence-electron chi connectivity index (χ3n) is 5.22. The van der Waals surface area contributed by atoms with Gasteiger partial charge in [-0.15, -0.1) is 0 Å². The Morgan fingerprint density at radius 2 is 2.19 bits per heavy atom. The maximum absolute atomic E-state index is 12.4. The molecule has 0 unspecified atom stereocenters. The molecule has 11 nitrogen and oxygen atoms in total. The molecular formula is C20H21N5O6. The first kappa shape index (κ1) is 19.5. The summed E-state index contributed by atoms with van der Waals surface area (Å²) in [6.07, 6.45) is 3.49. The summed E-state index contributed by atoms with van der Waals surface area (Å²) in [7, 11) is 0. The van der Waals surface area contributed by atoms with Crippen LogP contribution >= 0.6 is 0 Å². The lowest BCUT2D eigenvalue weighted by atomic mass is 10.2. The molecule has 11 heteroatoms. The molecule has 162 valence electrons. The van der Waals surface area contributed by atoms with Crippen LogP contribution in [0.4, 0.5) is 5.95 Å². The molecule has 0 saturated carbocycles. The third kappa shape index (κ3) is 3.74. The number of ether oxygens (including phenoxy) is 3. The summed E-state index contributed by atoms with van der Waals surface area (Å²) in [5.74, 6) is 1.72. The Labute approximate surface area is 175 Å². The van der Waals surface area contributed by atoms with Crippen molar-refractivity contribution in [2.75, 3.05) is 25.3 Å². The number of nitrogens with zero attached hydrogens (tertiary/aromatic N) is 3. The minimum atomic E-state index is -0.798. The van der Waals surface area contributed by atoms with E-state index in [2.05, 4.69) is 20.3 Å². The average molecular weight is 427 g/mol. The van der Waals surface area contributed by atoms with Crippen molar-refractivity contribution in [1.82, 2.24) is 19.5 Å². The number of hydrogen-bond acceptors (Lipinski definition) is 9. The number of rotatable bonds is 6. The largest absolute Gasteiger partial charge is 0.454 e. The molecule has 0 radical (unpaired) electrons. The molecular weight excluding hydrogens is 406 g/mol. The third-order valence-corrected chi connectivity index (χ3v) is 5.22. The van der Waals surface area contributed by atoms with E-state index < -0.39 is 18.4 Å². The van der Waals surface area contributed by atoms with E-state index in [9.17, 15) is 15.0 Å². The maximum atomic E-state index is 12.4. The summed E-state index contributed by atoms with van der Waals surface area (Å²) < 4.78 is 17.9.